The van der Waals surface area contributed by atoms with Gasteiger partial charge in [-0.2, -0.15) is 0 Å². The highest BCUT2D eigenvalue weighted by molar-refractivity contribution is 6.30. The van der Waals surface area contributed by atoms with E-state index in [-0.39, 0.29) is 11.9 Å². The highest BCUT2D eigenvalue weighted by atomic mass is 35.5. The van der Waals surface area contributed by atoms with Gasteiger partial charge in [-0.25, -0.2) is 0 Å². The zero-order valence-electron chi connectivity index (χ0n) is 13.2. The predicted molar refractivity (Wildman–Crippen MR) is 92.4 cm³/mol. The topological polar surface area (TPSA) is 59.3 Å². The van der Waals surface area contributed by atoms with Gasteiger partial charge in [-0.3, -0.25) is 9.20 Å². The Kier molecular flexibility index (Phi) is 3.73. The Morgan fingerprint density at radius 2 is 2.08 bits per heavy atom. The number of nitrogens with one attached hydrogen (secondary N) is 1. The van der Waals surface area contributed by atoms with Crippen molar-refractivity contribution >= 4 is 23.2 Å². The van der Waals surface area contributed by atoms with Gasteiger partial charge in [-0.05, 0) is 55.5 Å². The van der Waals surface area contributed by atoms with Crippen LogP contribution < -0.4 is 5.32 Å². The fourth-order valence-electron chi connectivity index (χ4n) is 3.18. The molecule has 1 aromatic carbocycles. The monoisotopic (exact) mass is 340 g/mol. The standard InChI is InChI=1S/C18H17ClN4O/c1-11-21-22-17-6-5-13(10-23(11)17)18(24)20-16-8-14(9-16)12-3-2-4-15(19)7-12/h2-7,10,14,16H,8-9H2,1H3,(H,20,24). The van der Waals surface area contributed by atoms with Crippen molar-refractivity contribution in [3.05, 3.63) is 64.6 Å². The van der Waals surface area contributed by atoms with Gasteiger partial charge in [-0.15, -0.1) is 10.2 Å². The van der Waals surface area contributed by atoms with E-state index >= 15 is 0 Å². The van der Waals surface area contributed by atoms with Crippen LogP contribution in [-0.4, -0.2) is 26.5 Å². The molecule has 1 aliphatic rings. The summed E-state index contributed by atoms with van der Waals surface area (Å²) in [6.07, 6.45) is 3.67. The van der Waals surface area contributed by atoms with Crippen molar-refractivity contribution in [1.29, 1.82) is 0 Å². The van der Waals surface area contributed by atoms with Crippen molar-refractivity contribution in [3.63, 3.8) is 0 Å². The average molecular weight is 341 g/mol. The number of pyridine rings is 1. The number of carbonyl (C=O) groups is 1. The summed E-state index contributed by atoms with van der Waals surface area (Å²) in [4.78, 5) is 12.4. The minimum atomic E-state index is -0.0560. The molecule has 0 spiro atoms. The predicted octanol–water partition coefficient (Wildman–Crippen LogP) is 3.37. The molecule has 1 amide bonds. The van der Waals surface area contributed by atoms with Crippen LogP contribution in [0, 0.1) is 6.92 Å². The Bertz CT molecular complexity index is 914. The molecule has 3 aromatic rings. The van der Waals surface area contributed by atoms with E-state index in [1.54, 1.807) is 12.3 Å². The molecule has 0 bridgehead atoms. The van der Waals surface area contributed by atoms with Crippen molar-refractivity contribution in [2.45, 2.75) is 31.7 Å². The molecule has 2 heterocycles. The second-order valence-electron chi connectivity index (χ2n) is 6.29. The summed E-state index contributed by atoms with van der Waals surface area (Å²) >= 11 is 6.04. The zero-order valence-corrected chi connectivity index (χ0v) is 14.0. The first-order valence-corrected chi connectivity index (χ1v) is 8.35. The minimum Gasteiger partial charge on any atom is -0.349 e. The zero-order chi connectivity index (χ0) is 16.7. The smallest absolute Gasteiger partial charge is 0.252 e. The van der Waals surface area contributed by atoms with Gasteiger partial charge >= 0.3 is 0 Å². The molecule has 0 radical (unpaired) electrons. The van der Waals surface area contributed by atoms with Gasteiger partial charge in [0.25, 0.3) is 5.91 Å². The molecule has 1 N–H and O–H groups in total. The van der Waals surface area contributed by atoms with Crippen molar-refractivity contribution in [3.8, 4) is 0 Å². The van der Waals surface area contributed by atoms with E-state index in [1.165, 1.54) is 5.56 Å². The molecule has 4 rings (SSSR count). The minimum absolute atomic E-state index is 0.0560. The first kappa shape index (κ1) is 15.1. The summed E-state index contributed by atoms with van der Waals surface area (Å²) in [7, 11) is 0. The van der Waals surface area contributed by atoms with Gasteiger partial charge in [-0.1, -0.05) is 23.7 Å². The summed E-state index contributed by atoms with van der Waals surface area (Å²) in [5.74, 6) is 1.18. The van der Waals surface area contributed by atoms with E-state index in [1.807, 2.05) is 35.6 Å². The number of hydrogen-bond acceptors (Lipinski definition) is 3. The van der Waals surface area contributed by atoms with Gasteiger partial charge in [0.1, 0.15) is 5.82 Å². The van der Waals surface area contributed by atoms with E-state index in [2.05, 4.69) is 21.6 Å². The van der Waals surface area contributed by atoms with E-state index in [0.29, 0.717) is 11.5 Å². The number of aromatic nitrogens is 3. The van der Waals surface area contributed by atoms with Gasteiger partial charge in [0.2, 0.25) is 0 Å². The largest absolute Gasteiger partial charge is 0.349 e. The van der Waals surface area contributed by atoms with Crippen LogP contribution in [0.4, 0.5) is 0 Å². The van der Waals surface area contributed by atoms with Crippen LogP contribution in [-0.2, 0) is 0 Å². The number of benzene rings is 1. The molecule has 1 fully saturated rings. The van der Waals surface area contributed by atoms with Crippen LogP contribution in [0.1, 0.15) is 40.5 Å². The molecule has 5 nitrogen and oxygen atoms in total. The fraction of sp³-hybridized carbons (Fsp3) is 0.278. The number of halogens is 1. The first-order valence-electron chi connectivity index (χ1n) is 7.98. The lowest BCUT2D eigenvalue weighted by Crippen LogP contribution is -2.43. The molecule has 0 unspecified atom stereocenters. The maximum atomic E-state index is 12.4. The molecule has 2 aromatic heterocycles. The van der Waals surface area contributed by atoms with E-state index in [0.717, 1.165) is 29.3 Å². The third-order valence-electron chi connectivity index (χ3n) is 4.63. The maximum absolute atomic E-state index is 12.4. The SMILES string of the molecule is Cc1nnc2ccc(C(=O)NC3CC(c4cccc(Cl)c4)C3)cn12. The lowest BCUT2D eigenvalue weighted by Gasteiger charge is -2.36. The Labute approximate surface area is 144 Å². The lowest BCUT2D eigenvalue weighted by atomic mass is 9.76. The quantitative estimate of drug-likeness (QED) is 0.795. The number of aryl methyl sites for hydroxylation is 1. The molecule has 6 heteroatoms. The van der Waals surface area contributed by atoms with Crippen LogP contribution in [0.5, 0.6) is 0 Å². The highest BCUT2D eigenvalue weighted by Crippen LogP contribution is 2.37. The number of hydrogen-bond donors (Lipinski definition) is 1. The molecular weight excluding hydrogens is 324 g/mol. The summed E-state index contributed by atoms with van der Waals surface area (Å²) in [5.41, 5.74) is 2.61. The second-order valence-corrected chi connectivity index (χ2v) is 6.72. The second kappa shape index (κ2) is 5.91. The third kappa shape index (κ3) is 2.76. The highest BCUT2D eigenvalue weighted by Gasteiger charge is 2.31. The number of amides is 1. The Balaban J connectivity index is 1.41. The summed E-state index contributed by atoms with van der Waals surface area (Å²) in [5, 5.41) is 11.9. The van der Waals surface area contributed by atoms with Gasteiger partial charge < -0.3 is 5.32 Å². The first-order chi connectivity index (χ1) is 11.6. The van der Waals surface area contributed by atoms with Crippen molar-refractivity contribution < 1.29 is 4.79 Å². The summed E-state index contributed by atoms with van der Waals surface area (Å²) in [6, 6.07) is 11.8. The van der Waals surface area contributed by atoms with Crippen molar-refractivity contribution in [2.75, 3.05) is 0 Å². The Hall–Kier alpha value is -2.40. The molecule has 24 heavy (non-hydrogen) atoms. The summed E-state index contributed by atoms with van der Waals surface area (Å²) < 4.78 is 1.82. The number of carbonyl (C=O) groups excluding carboxylic acids is 1. The van der Waals surface area contributed by atoms with Gasteiger partial charge in [0, 0.05) is 17.3 Å². The number of fused-ring (bicyclic) bond motifs is 1. The third-order valence-corrected chi connectivity index (χ3v) is 4.86. The number of rotatable bonds is 3. The van der Waals surface area contributed by atoms with Gasteiger partial charge in [0.05, 0.1) is 5.56 Å². The molecule has 0 aliphatic heterocycles. The normalized spacial score (nSPS) is 19.9. The molecule has 0 atom stereocenters. The van der Waals surface area contributed by atoms with E-state index in [4.69, 9.17) is 11.6 Å². The van der Waals surface area contributed by atoms with Crippen LogP contribution in [0.2, 0.25) is 5.02 Å². The average Bonchev–Trinajstić information content (AvgIpc) is 2.91. The summed E-state index contributed by atoms with van der Waals surface area (Å²) in [6.45, 7) is 1.86. The molecule has 0 saturated heterocycles. The van der Waals surface area contributed by atoms with Crippen molar-refractivity contribution in [1.82, 2.24) is 19.9 Å². The molecule has 122 valence electrons. The van der Waals surface area contributed by atoms with Crippen LogP contribution in [0.3, 0.4) is 0 Å². The number of nitrogens with zero attached hydrogens (tertiary/aromatic N) is 3. The lowest BCUT2D eigenvalue weighted by molar-refractivity contribution is 0.0908. The molecule has 1 aliphatic carbocycles. The fourth-order valence-corrected chi connectivity index (χ4v) is 3.38. The van der Waals surface area contributed by atoms with Crippen molar-refractivity contribution in [2.24, 2.45) is 0 Å². The molecular formula is C18H17ClN4O. The Morgan fingerprint density at radius 3 is 2.88 bits per heavy atom. The Morgan fingerprint density at radius 1 is 1.25 bits per heavy atom. The van der Waals surface area contributed by atoms with Crippen LogP contribution in [0.25, 0.3) is 5.65 Å². The van der Waals surface area contributed by atoms with E-state index in [9.17, 15) is 4.79 Å². The van der Waals surface area contributed by atoms with E-state index < -0.39 is 0 Å². The van der Waals surface area contributed by atoms with Crippen LogP contribution in [0.15, 0.2) is 42.6 Å². The maximum Gasteiger partial charge on any atom is 0.252 e. The van der Waals surface area contributed by atoms with Crippen LogP contribution >= 0.6 is 11.6 Å². The molecule has 1 saturated carbocycles. The van der Waals surface area contributed by atoms with Gasteiger partial charge in [0.15, 0.2) is 5.65 Å².